The molecule has 4 saturated carbocycles. The maximum Gasteiger partial charge on any atom is 0.417 e. The summed E-state index contributed by atoms with van der Waals surface area (Å²) in [6, 6.07) is 27.8. The van der Waals surface area contributed by atoms with Gasteiger partial charge in [0.2, 0.25) is 88.8 Å². The van der Waals surface area contributed by atoms with E-state index in [1.165, 1.54) is 27.4 Å². The summed E-state index contributed by atoms with van der Waals surface area (Å²) >= 11 is 12.3. The Hall–Kier alpha value is -12.8. The van der Waals surface area contributed by atoms with Gasteiger partial charge in [-0.3, -0.25) is 88.1 Å². The number of alkyl halides is 5. The molecule has 17 rings (SSSR count). The molecule has 4 aliphatic carbocycles. The zero-order chi connectivity index (χ0) is 110. The highest BCUT2D eigenvalue weighted by Crippen LogP contribution is 2.44. The van der Waals surface area contributed by atoms with Crippen LogP contribution in [0, 0.1) is 26.2 Å². The van der Waals surface area contributed by atoms with Gasteiger partial charge in [0.25, 0.3) is 0 Å². The SMILES string of the molecule is CCC(O)(CF)CC(=O)Nc1nc2ccc(OC)nc2n1C1CCC1.COc1ccc2nc(NC(=O)CC(C)(C)O)n(C3CCC3)c2n1.COc1ccc2nc(NC(=O)CC(C)(O)C(F)(F)F)n(C3CCC3)c2n1.Cc1ccc2nc(NC(=O)C[C@](C)(O)c3ccccc3)n(C3CCC3)c2n1.Cc1nc2c(cc1Cl)nc(NC(=O)CC(C)(C)C)n2C(C)(C)C.Cc1nc2c(cc1Cl)nc(NC(=O)CC(C)(O)C(C)F)n2C(C)(C)C. The Morgan fingerprint density at radius 3 is 1.03 bits per heavy atom. The second-order valence-electron chi connectivity index (χ2n) is 42.9. The molecule has 0 aliphatic heterocycles. The van der Waals surface area contributed by atoms with E-state index in [4.69, 9.17) is 37.4 Å². The van der Waals surface area contributed by atoms with Gasteiger partial charge in [-0.2, -0.15) is 28.1 Å². The first kappa shape index (κ1) is 115. The topological polar surface area (TPSA) is 488 Å². The Morgan fingerprint density at radius 1 is 0.403 bits per heavy atom. The van der Waals surface area contributed by atoms with E-state index in [1.54, 1.807) is 100 Å². The van der Waals surface area contributed by atoms with Crippen LogP contribution in [-0.4, -0.2) is 211 Å². The summed E-state index contributed by atoms with van der Waals surface area (Å²) in [6.45, 7) is 32.3. The molecule has 4 fully saturated rings. The maximum atomic E-state index is 13.4. The van der Waals surface area contributed by atoms with Crippen molar-refractivity contribution in [2.45, 2.75) is 329 Å². The molecule has 4 unspecified atom stereocenters. The third kappa shape index (κ3) is 28.5. The Balaban J connectivity index is 0.000000159. The van der Waals surface area contributed by atoms with Gasteiger partial charge < -0.3 is 39.7 Å². The Kier molecular flexibility index (Phi) is 35.7. The number of nitrogens with zero attached hydrogens (tertiary/aromatic N) is 18. The van der Waals surface area contributed by atoms with Crippen LogP contribution in [0.4, 0.5) is 57.6 Å². The molecule has 0 spiro atoms. The average molecular weight is 2110 g/mol. The molecule has 149 heavy (non-hydrogen) atoms. The minimum atomic E-state index is -4.91. The zero-order valence-corrected chi connectivity index (χ0v) is 89.8. The Bertz CT molecular complexity index is 6990. The van der Waals surface area contributed by atoms with Crippen molar-refractivity contribution >= 4 is 161 Å². The van der Waals surface area contributed by atoms with Gasteiger partial charge in [-0.25, -0.2) is 53.6 Å². The number of carbonyl (C=O) groups is 6. The predicted molar refractivity (Wildman–Crippen MR) is 561 cm³/mol. The lowest BCUT2D eigenvalue weighted by atomic mass is 9.92. The lowest BCUT2D eigenvalue weighted by molar-refractivity contribution is -0.253. The number of pyridine rings is 6. The van der Waals surface area contributed by atoms with Crippen molar-refractivity contribution in [3.63, 3.8) is 0 Å². The minimum absolute atomic E-state index is 0.0115. The number of fused-ring (bicyclic) bond motifs is 6. The standard InChI is InChI=1S/C21H24N4O2.C17H24ClFN4O2.C17H25ClN4O.C17H23FN4O3.C16H19F3N4O3.C16H22N4O3/c1-14-11-12-17-19(22-14)25(16-9-6-10-16)20(23-17)24-18(26)13-21(2,27)15-7-4-3-5-8-15;1-9-11(18)7-12-14(20-9)23(16(3,4)5)15(21-12)22-13(24)8-17(6,25)10(2)19;1-10-11(18)8-12-14(19-10)22(17(5,6)7)15(20-12)21-13(23)9-16(2,3)4;1-3-17(24,10-18)9-13(23)20-16-19-12-7-8-14(25-2)21-15(12)22(16)11-5-4-6-11;1-15(25,16(17,18)19)8-11(24)21-14-20-10-6-7-12(26-2)22-13(10)23(14)9-4-3-5-9;1-16(2,22)9-12(21)18-15-17-11-7-8-13(23-3)19-14(11)20(15)10-5-4-6-10/h3-5,7-8,11-12,16,27H,6,9-10,13H2,1-2H3,(H,23,24,26);7,10,25H,8H2,1-6H3,(H,21,22,24);8H,9H2,1-7H3,(H,20,21,23);7-8,11,24H,3-6,9-10H2,1-2H3,(H,19,20,23);6-7,9,25H,3-5,8H2,1-2H3,(H,20,21,24);7-8,10,22H,4-6,9H2,1-3H3,(H,17,18,21)/t21-;;;;;/m0...../s1. The normalized spacial score (nSPS) is 16.0. The number of imidazole rings is 6. The van der Waals surface area contributed by atoms with Crippen LogP contribution in [0.2, 0.25) is 10.0 Å². The van der Waals surface area contributed by atoms with Crippen LogP contribution in [0.25, 0.3) is 67.0 Å². The molecule has 12 aromatic heterocycles. The van der Waals surface area contributed by atoms with Crippen molar-refractivity contribution in [2.24, 2.45) is 5.41 Å². The minimum Gasteiger partial charge on any atom is -0.481 e. The van der Waals surface area contributed by atoms with Crippen molar-refractivity contribution < 1.29 is 90.5 Å². The fourth-order valence-corrected chi connectivity index (χ4v) is 17.0. The van der Waals surface area contributed by atoms with Gasteiger partial charge in [0.15, 0.2) is 39.5 Å². The van der Waals surface area contributed by atoms with Crippen molar-refractivity contribution in [1.29, 1.82) is 0 Å². The molecule has 0 saturated heterocycles. The van der Waals surface area contributed by atoms with Gasteiger partial charge in [0.05, 0.1) is 86.1 Å². The van der Waals surface area contributed by atoms with Gasteiger partial charge in [0, 0.05) is 65.6 Å². The molecular weight excluding hydrogens is 1980 g/mol. The van der Waals surface area contributed by atoms with Crippen LogP contribution in [-0.2, 0) is 45.4 Å². The largest absolute Gasteiger partial charge is 0.481 e. The zero-order valence-electron chi connectivity index (χ0n) is 88.3. The van der Waals surface area contributed by atoms with Crippen LogP contribution < -0.4 is 46.1 Å². The number of ether oxygens (including phenoxy) is 3. The van der Waals surface area contributed by atoms with Crippen LogP contribution in [0.1, 0.15) is 280 Å². The summed E-state index contributed by atoms with van der Waals surface area (Å²) in [7, 11) is 4.59. The highest BCUT2D eigenvalue weighted by atomic mass is 35.5. The number of methoxy groups -OCH3 is 3. The van der Waals surface area contributed by atoms with E-state index in [1.807, 2.05) is 122 Å². The van der Waals surface area contributed by atoms with Gasteiger partial charge >= 0.3 is 6.18 Å². The third-order valence-corrected chi connectivity index (χ3v) is 26.8. The van der Waals surface area contributed by atoms with Crippen molar-refractivity contribution in [3.05, 3.63) is 124 Å². The number of hydrogen-bond acceptors (Lipinski definition) is 26. The molecule has 38 nitrogen and oxygen atoms in total. The van der Waals surface area contributed by atoms with Crippen molar-refractivity contribution in [2.75, 3.05) is 59.9 Å². The Morgan fingerprint density at radius 2 is 0.718 bits per heavy atom. The molecular formula is C104H137Cl2F5N24O14. The van der Waals surface area contributed by atoms with Crippen LogP contribution in [0.15, 0.2) is 91.0 Å². The Labute approximate surface area is 870 Å². The van der Waals surface area contributed by atoms with E-state index >= 15 is 0 Å². The fraction of sp³-hybridized carbons (Fsp3) is 0.538. The number of benzene rings is 1. The molecule has 6 amide bonds. The van der Waals surface area contributed by atoms with E-state index < -0.39 is 76.7 Å². The molecule has 0 bridgehead atoms. The molecule has 12 heterocycles. The van der Waals surface area contributed by atoms with Crippen LogP contribution in [0.3, 0.4) is 0 Å². The first-order valence-corrected chi connectivity index (χ1v) is 50.4. The summed E-state index contributed by atoms with van der Waals surface area (Å²) in [4.78, 5) is 127. The molecule has 11 N–H and O–H groups in total. The molecule has 1 aromatic carbocycles. The average Bonchev–Trinajstić information content (AvgIpc) is 1.61. The van der Waals surface area contributed by atoms with Gasteiger partial charge in [0.1, 0.15) is 57.1 Å². The van der Waals surface area contributed by atoms with Crippen molar-refractivity contribution in [3.8, 4) is 17.6 Å². The fourth-order valence-electron chi connectivity index (χ4n) is 16.7. The number of nitrogens with one attached hydrogen (secondary N) is 6. The second-order valence-corrected chi connectivity index (χ2v) is 43.8. The first-order valence-electron chi connectivity index (χ1n) is 49.6. The van der Waals surface area contributed by atoms with E-state index in [2.05, 4.69) is 112 Å². The van der Waals surface area contributed by atoms with Gasteiger partial charge in [-0.15, -0.1) is 0 Å². The molecule has 5 atom stereocenters. The number of aromatic nitrogens is 18. The number of carbonyl (C=O) groups excluding carboxylic acids is 6. The summed E-state index contributed by atoms with van der Waals surface area (Å²) < 4.78 is 91.6. The van der Waals surface area contributed by atoms with E-state index in [0.29, 0.717) is 127 Å². The summed E-state index contributed by atoms with van der Waals surface area (Å²) in [6.07, 6.45) is 4.61. The maximum absolute atomic E-state index is 13.4. The number of anilines is 6. The lowest BCUT2D eigenvalue weighted by Crippen LogP contribution is -2.45. The third-order valence-electron chi connectivity index (χ3n) is 26.0. The summed E-state index contributed by atoms with van der Waals surface area (Å²) in [5, 5.41) is 67.5. The van der Waals surface area contributed by atoms with Crippen LogP contribution in [0.5, 0.6) is 17.6 Å². The predicted octanol–water partition coefficient (Wildman–Crippen LogP) is 19.5. The number of aliphatic hydroxyl groups is 5. The van der Waals surface area contributed by atoms with E-state index in [9.17, 15) is 76.3 Å². The smallest absolute Gasteiger partial charge is 0.417 e. The second kappa shape index (κ2) is 46.3. The van der Waals surface area contributed by atoms with E-state index in [0.717, 1.165) is 104 Å². The van der Waals surface area contributed by atoms with Crippen LogP contribution >= 0.6 is 23.2 Å². The van der Waals surface area contributed by atoms with E-state index in [-0.39, 0.29) is 90.8 Å². The lowest BCUT2D eigenvalue weighted by Gasteiger charge is -2.29. The number of rotatable bonds is 28. The van der Waals surface area contributed by atoms with Gasteiger partial charge in [-0.05, 0) is 241 Å². The number of hydrogen-bond donors (Lipinski definition) is 11. The number of aryl methyl sites for hydroxylation is 3. The highest BCUT2D eigenvalue weighted by Gasteiger charge is 2.51. The number of halogens is 7. The summed E-state index contributed by atoms with van der Waals surface area (Å²) in [5.41, 5.74) is 1.32. The quantitative estimate of drug-likeness (QED) is 0.0203. The highest BCUT2D eigenvalue weighted by molar-refractivity contribution is 6.32. The van der Waals surface area contributed by atoms with Crippen molar-refractivity contribution in [1.82, 2.24) is 87.2 Å². The molecule has 45 heteroatoms. The molecule has 4 aliphatic rings. The molecule has 0 radical (unpaired) electrons. The molecule has 13 aromatic rings. The summed E-state index contributed by atoms with van der Waals surface area (Å²) in [5.74, 6) is 1.10. The monoisotopic (exact) mass is 2110 g/mol. The number of amides is 6. The first-order chi connectivity index (χ1) is 69.6. The molecule has 806 valence electrons. The van der Waals surface area contributed by atoms with Gasteiger partial charge in [-0.1, -0.05) is 81.2 Å².